The van der Waals surface area contributed by atoms with Crippen molar-refractivity contribution in [3.05, 3.63) is 0 Å². The first kappa shape index (κ1) is 9.35. The lowest BCUT2D eigenvalue weighted by Crippen LogP contribution is -2.21. The lowest BCUT2D eigenvalue weighted by Gasteiger charge is -2.28. The molecule has 0 N–H and O–H groups in total. The van der Waals surface area contributed by atoms with Gasteiger partial charge in [0, 0.05) is 5.75 Å². The van der Waals surface area contributed by atoms with Crippen molar-refractivity contribution < 1.29 is 0 Å². The summed E-state index contributed by atoms with van der Waals surface area (Å²) in [5.41, 5.74) is 0.446. The predicted octanol–water partition coefficient (Wildman–Crippen LogP) is 3.26. The SMILES string of the molecule is CCC(C)(C)C(C)C[S]. The van der Waals surface area contributed by atoms with Gasteiger partial charge in [0.05, 0.1) is 0 Å². The molecule has 0 fully saturated rings. The van der Waals surface area contributed by atoms with Crippen molar-refractivity contribution in [2.24, 2.45) is 11.3 Å². The summed E-state index contributed by atoms with van der Waals surface area (Å²) in [6.45, 7) is 9.02. The summed E-state index contributed by atoms with van der Waals surface area (Å²) in [6, 6.07) is 0. The molecule has 1 radical (unpaired) electrons. The maximum atomic E-state index is 4.99. The van der Waals surface area contributed by atoms with Crippen molar-refractivity contribution in [1.82, 2.24) is 0 Å². The molecule has 0 amide bonds. The molecule has 0 spiro atoms. The first-order chi connectivity index (χ1) is 4.04. The molecule has 1 unspecified atom stereocenters. The quantitative estimate of drug-likeness (QED) is 0.572. The molecule has 1 atom stereocenters. The van der Waals surface area contributed by atoms with E-state index < -0.39 is 0 Å². The summed E-state index contributed by atoms with van der Waals surface area (Å²) < 4.78 is 0. The third-order valence-corrected chi connectivity index (χ3v) is 3.00. The zero-order valence-corrected chi connectivity index (χ0v) is 7.72. The Hall–Kier alpha value is 0.350. The molecule has 9 heavy (non-hydrogen) atoms. The van der Waals surface area contributed by atoms with Gasteiger partial charge in [0.1, 0.15) is 0 Å². The first-order valence-electron chi connectivity index (χ1n) is 3.62. The van der Waals surface area contributed by atoms with E-state index in [1.807, 2.05) is 0 Å². The highest BCUT2D eigenvalue weighted by Crippen LogP contribution is 2.30. The average molecular weight is 145 g/mol. The fourth-order valence-electron chi connectivity index (χ4n) is 0.574. The van der Waals surface area contributed by atoms with Gasteiger partial charge in [-0.3, -0.25) is 0 Å². The van der Waals surface area contributed by atoms with Gasteiger partial charge in [0.15, 0.2) is 0 Å². The molecule has 0 aromatic heterocycles. The van der Waals surface area contributed by atoms with E-state index in [4.69, 9.17) is 12.6 Å². The van der Waals surface area contributed by atoms with E-state index >= 15 is 0 Å². The predicted molar refractivity (Wildman–Crippen MR) is 45.7 cm³/mol. The normalized spacial score (nSPS) is 15.7. The molecule has 0 bridgehead atoms. The fourth-order valence-corrected chi connectivity index (χ4v) is 1.03. The lowest BCUT2D eigenvalue weighted by atomic mass is 9.79. The summed E-state index contributed by atoms with van der Waals surface area (Å²) >= 11 is 4.99. The fraction of sp³-hybridized carbons (Fsp3) is 1.00. The third-order valence-electron chi connectivity index (χ3n) is 2.50. The minimum atomic E-state index is 0.446. The summed E-state index contributed by atoms with van der Waals surface area (Å²) in [5.74, 6) is 1.57. The van der Waals surface area contributed by atoms with Crippen molar-refractivity contribution in [2.75, 3.05) is 5.75 Å². The summed E-state index contributed by atoms with van der Waals surface area (Å²) in [6.07, 6.45) is 1.23. The summed E-state index contributed by atoms with van der Waals surface area (Å²) in [4.78, 5) is 0. The Bertz CT molecular complexity index is 76.6. The summed E-state index contributed by atoms with van der Waals surface area (Å²) in [5, 5.41) is 0. The van der Waals surface area contributed by atoms with Gasteiger partial charge >= 0.3 is 0 Å². The van der Waals surface area contributed by atoms with E-state index in [0.29, 0.717) is 11.3 Å². The molecule has 0 aliphatic carbocycles. The number of hydrogen-bond donors (Lipinski definition) is 0. The van der Waals surface area contributed by atoms with E-state index in [2.05, 4.69) is 27.7 Å². The van der Waals surface area contributed by atoms with Crippen molar-refractivity contribution in [3.8, 4) is 0 Å². The van der Waals surface area contributed by atoms with Gasteiger partial charge < -0.3 is 0 Å². The molecule has 0 aromatic rings. The average Bonchev–Trinajstić information content (AvgIpc) is 1.86. The smallest absolute Gasteiger partial charge is 0.00677 e. The zero-order chi connectivity index (χ0) is 7.49. The van der Waals surface area contributed by atoms with Crippen LogP contribution in [0.3, 0.4) is 0 Å². The van der Waals surface area contributed by atoms with Crippen molar-refractivity contribution in [3.63, 3.8) is 0 Å². The maximum absolute atomic E-state index is 4.99. The molecular weight excluding hydrogens is 128 g/mol. The van der Waals surface area contributed by atoms with Crippen LogP contribution < -0.4 is 0 Å². The van der Waals surface area contributed by atoms with E-state index in [0.717, 1.165) is 5.75 Å². The lowest BCUT2D eigenvalue weighted by molar-refractivity contribution is 0.245. The van der Waals surface area contributed by atoms with E-state index in [9.17, 15) is 0 Å². The molecule has 0 heterocycles. The van der Waals surface area contributed by atoms with Crippen LogP contribution in [0.25, 0.3) is 0 Å². The van der Waals surface area contributed by atoms with Gasteiger partial charge in [-0.25, -0.2) is 0 Å². The molecule has 1 heteroatoms. The molecule has 0 saturated heterocycles. The molecule has 0 aromatic carbocycles. The van der Waals surface area contributed by atoms with E-state index in [1.54, 1.807) is 0 Å². The van der Waals surface area contributed by atoms with Crippen LogP contribution in [0.1, 0.15) is 34.1 Å². The number of hydrogen-bond acceptors (Lipinski definition) is 0. The standard InChI is InChI=1S/C8H17S/c1-5-8(3,4)7(2)6-9/h7H,5-6H2,1-4H3. The van der Waals surface area contributed by atoms with Crippen LogP contribution in [0.2, 0.25) is 0 Å². The highest BCUT2D eigenvalue weighted by Gasteiger charge is 2.21. The molecule has 0 aliphatic heterocycles. The minimum absolute atomic E-state index is 0.446. The maximum Gasteiger partial charge on any atom is 0.00677 e. The number of rotatable bonds is 3. The van der Waals surface area contributed by atoms with Crippen LogP contribution in [0, 0.1) is 11.3 Å². The Morgan fingerprint density at radius 3 is 2.00 bits per heavy atom. The van der Waals surface area contributed by atoms with E-state index in [-0.39, 0.29) is 0 Å². The Kier molecular flexibility index (Phi) is 3.64. The van der Waals surface area contributed by atoms with Crippen LogP contribution in [0.5, 0.6) is 0 Å². The van der Waals surface area contributed by atoms with Crippen LogP contribution in [0.4, 0.5) is 0 Å². The molecule has 0 rings (SSSR count). The topological polar surface area (TPSA) is 0 Å². The van der Waals surface area contributed by atoms with E-state index in [1.165, 1.54) is 6.42 Å². The van der Waals surface area contributed by atoms with Gasteiger partial charge in [-0.05, 0) is 11.3 Å². The van der Waals surface area contributed by atoms with Crippen molar-refractivity contribution >= 4 is 12.6 Å². The van der Waals surface area contributed by atoms with Crippen LogP contribution in [0.15, 0.2) is 0 Å². The monoisotopic (exact) mass is 145 g/mol. The third kappa shape index (κ3) is 2.61. The molecule has 55 valence electrons. The van der Waals surface area contributed by atoms with Gasteiger partial charge in [0.25, 0.3) is 0 Å². The van der Waals surface area contributed by atoms with Crippen molar-refractivity contribution in [2.45, 2.75) is 34.1 Å². The van der Waals surface area contributed by atoms with Gasteiger partial charge in [0.2, 0.25) is 0 Å². The Morgan fingerprint density at radius 2 is 1.89 bits per heavy atom. The Labute approximate surface area is 64.4 Å². The van der Waals surface area contributed by atoms with Crippen molar-refractivity contribution in [1.29, 1.82) is 0 Å². The highest BCUT2D eigenvalue weighted by atomic mass is 32.1. The molecule has 0 nitrogen and oxygen atoms in total. The highest BCUT2D eigenvalue weighted by molar-refractivity contribution is 7.80. The molecular formula is C8H17S. The van der Waals surface area contributed by atoms with Gasteiger partial charge in [-0.15, -0.1) is 0 Å². The second-order valence-corrected chi connectivity index (χ2v) is 3.74. The van der Waals surface area contributed by atoms with Crippen LogP contribution in [-0.2, 0) is 0 Å². The van der Waals surface area contributed by atoms with Crippen LogP contribution >= 0.6 is 12.6 Å². The van der Waals surface area contributed by atoms with Gasteiger partial charge in [-0.2, -0.15) is 0 Å². The van der Waals surface area contributed by atoms with Crippen LogP contribution in [-0.4, -0.2) is 5.75 Å². The second kappa shape index (κ2) is 3.50. The first-order valence-corrected chi connectivity index (χ1v) is 4.20. The zero-order valence-electron chi connectivity index (χ0n) is 6.90. The summed E-state index contributed by atoms with van der Waals surface area (Å²) in [7, 11) is 0. The second-order valence-electron chi connectivity index (χ2n) is 3.41. The Morgan fingerprint density at radius 1 is 1.44 bits per heavy atom. The molecule has 0 saturated carbocycles. The minimum Gasteiger partial charge on any atom is -0.0938 e. The Balaban J connectivity index is 3.80. The van der Waals surface area contributed by atoms with Gasteiger partial charge in [-0.1, -0.05) is 46.7 Å². The molecule has 0 aliphatic rings. The largest absolute Gasteiger partial charge is 0.0938 e.